The summed E-state index contributed by atoms with van der Waals surface area (Å²) in [6.07, 6.45) is 7.29. The average molecular weight is 462 g/mol. The number of fused-ring (bicyclic) bond motifs is 1. The second kappa shape index (κ2) is 9.98. The number of anilines is 3. The molecule has 0 bridgehead atoms. The van der Waals surface area contributed by atoms with Crippen LogP contribution in [0.5, 0.6) is 0 Å². The lowest BCUT2D eigenvalue weighted by Crippen LogP contribution is -2.39. The molecule has 2 atom stereocenters. The fourth-order valence-electron chi connectivity index (χ4n) is 4.08. The first kappa shape index (κ1) is 23.3. The highest BCUT2D eigenvalue weighted by atomic mass is 16.3. The number of rotatable bonds is 10. The Balaban J connectivity index is 1.52. The van der Waals surface area contributed by atoms with Gasteiger partial charge in [0.25, 0.3) is 5.91 Å². The third-order valence-corrected chi connectivity index (χ3v) is 5.99. The van der Waals surface area contributed by atoms with Crippen LogP contribution in [0.2, 0.25) is 0 Å². The first-order chi connectivity index (χ1) is 16.5. The highest BCUT2D eigenvalue weighted by molar-refractivity contribution is 6.06. The molecule has 2 aromatic carbocycles. The van der Waals surface area contributed by atoms with Crippen LogP contribution in [0, 0.1) is 5.92 Å². The van der Waals surface area contributed by atoms with E-state index in [-0.39, 0.29) is 6.61 Å². The van der Waals surface area contributed by atoms with Crippen LogP contribution in [0.25, 0.3) is 0 Å². The summed E-state index contributed by atoms with van der Waals surface area (Å²) in [4.78, 5) is 26.1. The maximum Gasteiger partial charge on any atom is 0.261 e. The van der Waals surface area contributed by atoms with Crippen molar-refractivity contribution in [2.45, 2.75) is 31.9 Å². The van der Waals surface area contributed by atoms with Gasteiger partial charge in [0.15, 0.2) is 5.60 Å². The Morgan fingerprint density at radius 3 is 2.74 bits per heavy atom. The van der Waals surface area contributed by atoms with Crippen molar-refractivity contribution in [2.75, 3.05) is 16.8 Å². The SMILES string of the molecule is C[C@@H](/C=C/CCn1cc(CCO)nn1)[C@]1(O)C(=O)Nc2ccc(N(C=O)c3ccccc3)cc21. The number of aliphatic hydroxyl groups excluding tert-OH is 1. The number of aromatic nitrogens is 3. The molecule has 0 fully saturated rings. The van der Waals surface area contributed by atoms with Crippen LogP contribution in [0.1, 0.15) is 24.6 Å². The number of benzene rings is 2. The molecule has 0 unspecified atom stereocenters. The van der Waals surface area contributed by atoms with Crippen LogP contribution < -0.4 is 10.2 Å². The van der Waals surface area contributed by atoms with Gasteiger partial charge in [-0.05, 0) is 36.8 Å². The Kier molecular flexibility index (Phi) is 6.85. The maximum atomic E-state index is 12.8. The number of aryl methyl sites for hydroxylation is 1. The average Bonchev–Trinajstić information content (AvgIpc) is 3.40. The zero-order valence-electron chi connectivity index (χ0n) is 18.8. The zero-order chi connectivity index (χ0) is 24.1. The second-order valence-electron chi connectivity index (χ2n) is 8.21. The molecule has 9 nitrogen and oxygen atoms in total. The van der Waals surface area contributed by atoms with Gasteiger partial charge in [-0.2, -0.15) is 0 Å². The molecule has 0 aliphatic carbocycles. The summed E-state index contributed by atoms with van der Waals surface area (Å²) in [5.41, 5.74) is 1.14. The molecule has 0 spiro atoms. The molecule has 2 heterocycles. The molecule has 0 radical (unpaired) electrons. The molecule has 3 aromatic rings. The van der Waals surface area contributed by atoms with Crippen LogP contribution in [-0.2, 0) is 28.2 Å². The Labute approximate surface area is 197 Å². The van der Waals surface area contributed by atoms with Gasteiger partial charge < -0.3 is 15.5 Å². The van der Waals surface area contributed by atoms with E-state index < -0.39 is 17.4 Å². The molecule has 0 saturated heterocycles. The molecule has 2 amide bonds. The minimum atomic E-state index is -1.77. The Morgan fingerprint density at radius 2 is 2.00 bits per heavy atom. The number of nitrogens with zero attached hydrogens (tertiary/aromatic N) is 4. The molecule has 9 heteroatoms. The fraction of sp³-hybridized carbons (Fsp3) is 0.280. The van der Waals surface area contributed by atoms with Crippen molar-refractivity contribution in [3.8, 4) is 0 Å². The quantitative estimate of drug-likeness (QED) is 0.315. The topological polar surface area (TPSA) is 121 Å². The molecule has 34 heavy (non-hydrogen) atoms. The van der Waals surface area contributed by atoms with E-state index in [9.17, 15) is 14.7 Å². The number of amides is 2. The summed E-state index contributed by atoms with van der Waals surface area (Å²) in [6.45, 7) is 2.38. The highest BCUT2D eigenvalue weighted by Crippen LogP contribution is 2.43. The lowest BCUT2D eigenvalue weighted by molar-refractivity contribution is -0.137. The van der Waals surface area contributed by atoms with E-state index in [4.69, 9.17) is 5.11 Å². The van der Waals surface area contributed by atoms with Crippen LogP contribution in [-0.4, -0.2) is 44.1 Å². The Bertz CT molecular complexity index is 1190. The van der Waals surface area contributed by atoms with Crippen molar-refractivity contribution in [3.05, 3.63) is 78.1 Å². The summed E-state index contributed by atoms with van der Waals surface area (Å²) < 4.78 is 1.69. The normalized spacial score (nSPS) is 18.0. The molecule has 4 rings (SSSR count). The van der Waals surface area contributed by atoms with Crippen molar-refractivity contribution in [2.24, 2.45) is 5.92 Å². The van der Waals surface area contributed by atoms with Crippen molar-refractivity contribution < 1.29 is 19.8 Å². The van der Waals surface area contributed by atoms with E-state index in [1.54, 1.807) is 36.0 Å². The van der Waals surface area contributed by atoms with Crippen molar-refractivity contribution in [1.29, 1.82) is 0 Å². The molecule has 176 valence electrons. The largest absolute Gasteiger partial charge is 0.396 e. The third-order valence-electron chi connectivity index (χ3n) is 5.99. The predicted molar refractivity (Wildman–Crippen MR) is 127 cm³/mol. The van der Waals surface area contributed by atoms with Gasteiger partial charge >= 0.3 is 0 Å². The standard InChI is InChI=1S/C25H27N5O4/c1-18(7-5-6-13-29-16-19(12-14-31)27-28-29)25(34)22-15-21(10-11-23(22)26-24(25)33)30(17-32)20-8-3-2-4-9-20/h2-5,7-11,15-18,31,34H,6,12-14H2,1H3,(H,26,33)/b7-5+/t18-,25+/m0/s1. The van der Waals surface area contributed by atoms with Crippen LogP contribution >= 0.6 is 0 Å². The van der Waals surface area contributed by atoms with Crippen LogP contribution in [0.15, 0.2) is 66.9 Å². The number of aliphatic hydroxyl groups is 2. The van der Waals surface area contributed by atoms with E-state index in [2.05, 4.69) is 15.6 Å². The summed E-state index contributed by atoms with van der Waals surface area (Å²) >= 11 is 0. The molecule has 1 aliphatic heterocycles. The number of carbonyl (C=O) groups excluding carboxylic acids is 2. The summed E-state index contributed by atoms with van der Waals surface area (Å²) in [5.74, 6) is -1.02. The minimum Gasteiger partial charge on any atom is -0.396 e. The van der Waals surface area contributed by atoms with Crippen LogP contribution in [0.3, 0.4) is 0 Å². The molecule has 1 aliphatic rings. The Hall–Kier alpha value is -3.82. The number of nitrogens with one attached hydrogen (secondary N) is 1. The number of hydrogen-bond acceptors (Lipinski definition) is 6. The van der Waals surface area contributed by atoms with Gasteiger partial charge in [0.2, 0.25) is 6.41 Å². The lowest BCUT2D eigenvalue weighted by Gasteiger charge is -2.27. The van der Waals surface area contributed by atoms with Gasteiger partial charge in [-0.3, -0.25) is 19.2 Å². The molecule has 3 N–H and O–H groups in total. The van der Waals surface area contributed by atoms with Crippen molar-refractivity contribution in [3.63, 3.8) is 0 Å². The lowest BCUT2D eigenvalue weighted by atomic mass is 9.82. The highest BCUT2D eigenvalue weighted by Gasteiger charge is 2.48. The zero-order valence-corrected chi connectivity index (χ0v) is 18.8. The maximum absolute atomic E-state index is 12.8. The summed E-state index contributed by atoms with van der Waals surface area (Å²) in [6, 6.07) is 14.3. The smallest absolute Gasteiger partial charge is 0.261 e. The Morgan fingerprint density at radius 1 is 1.21 bits per heavy atom. The number of para-hydroxylation sites is 1. The minimum absolute atomic E-state index is 0.0237. The van der Waals surface area contributed by atoms with Crippen molar-refractivity contribution >= 4 is 29.4 Å². The molecule has 1 aromatic heterocycles. The van der Waals surface area contributed by atoms with E-state index in [1.807, 2.05) is 42.5 Å². The van der Waals surface area contributed by atoms with E-state index in [0.29, 0.717) is 48.4 Å². The monoisotopic (exact) mass is 461 g/mol. The second-order valence-corrected chi connectivity index (χ2v) is 8.21. The van der Waals surface area contributed by atoms with Gasteiger partial charge in [0.1, 0.15) is 0 Å². The molecular formula is C25H27N5O4. The summed E-state index contributed by atoms with van der Waals surface area (Å²) in [5, 5.41) is 31.2. The van der Waals surface area contributed by atoms with E-state index >= 15 is 0 Å². The van der Waals surface area contributed by atoms with E-state index in [0.717, 1.165) is 5.69 Å². The molecule has 0 saturated carbocycles. The van der Waals surface area contributed by atoms with Gasteiger partial charge in [0, 0.05) is 54.3 Å². The summed E-state index contributed by atoms with van der Waals surface area (Å²) in [7, 11) is 0. The predicted octanol–water partition coefficient (Wildman–Crippen LogP) is 2.53. The van der Waals surface area contributed by atoms with Gasteiger partial charge in [-0.15, -0.1) is 5.10 Å². The van der Waals surface area contributed by atoms with Crippen LogP contribution in [0.4, 0.5) is 17.1 Å². The first-order valence-corrected chi connectivity index (χ1v) is 11.1. The van der Waals surface area contributed by atoms with Gasteiger partial charge in [-0.25, -0.2) is 0 Å². The number of hydrogen-bond donors (Lipinski definition) is 3. The first-order valence-electron chi connectivity index (χ1n) is 11.1. The third kappa shape index (κ3) is 4.48. The van der Waals surface area contributed by atoms with Gasteiger partial charge in [-0.1, -0.05) is 42.5 Å². The fourth-order valence-corrected chi connectivity index (χ4v) is 4.08. The van der Waals surface area contributed by atoms with E-state index in [1.165, 1.54) is 4.90 Å². The molecular weight excluding hydrogens is 434 g/mol. The number of carbonyl (C=O) groups is 2. The van der Waals surface area contributed by atoms with Crippen molar-refractivity contribution in [1.82, 2.24) is 15.0 Å². The number of allylic oxidation sites excluding steroid dienone is 1. The van der Waals surface area contributed by atoms with Gasteiger partial charge in [0.05, 0.1) is 5.69 Å².